The van der Waals surface area contributed by atoms with E-state index >= 15 is 0 Å². The summed E-state index contributed by atoms with van der Waals surface area (Å²) < 4.78 is 0. The van der Waals surface area contributed by atoms with Crippen LogP contribution < -0.4 is 11.1 Å². The molecule has 3 N–H and O–H groups in total. The maximum atomic E-state index is 5.75. The highest BCUT2D eigenvalue weighted by molar-refractivity contribution is 5.83. The van der Waals surface area contributed by atoms with Crippen molar-refractivity contribution in [3.05, 3.63) is 30.3 Å². The number of benzene rings is 1. The molecular formula is C15H21N3. The molecule has 1 aromatic heterocycles. The van der Waals surface area contributed by atoms with Crippen molar-refractivity contribution in [2.75, 3.05) is 17.6 Å². The number of rotatable bonds is 6. The van der Waals surface area contributed by atoms with Crippen LogP contribution in [0.5, 0.6) is 0 Å². The number of hydrogen-bond donors (Lipinski definition) is 2. The van der Waals surface area contributed by atoms with E-state index in [4.69, 9.17) is 5.73 Å². The van der Waals surface area contributed by atoms with Crippen molar-refractivity contribution in [1.82, 2.24) is 4.98 Å². The molecule has 0 unspecified atom stereocenters. The molecule has 0 spiro atoms. The van der Waals surface area contributed by atoms with Crippen molar-refractivity contribution in [2.45, 2.75) is 32.6 Å². The average molecular weight is 243 g/mol. The molecule has 1 heterocycles. The van der Waals surface area contributed by atoms with Gasteiger partial charge in [-0.2, -0.15) is 0 Å². The lowest BCUT2D eigenvalue weighted by molar-refractivity contribution is 0.684. The summed E-state index contributed by atoms with van der Waals surface area (Å²) in [5, 5.41) is 4.46. The summed E-state index contributed by atoms with van der Waals surface area (Å²) in [5.41, 5.74) is 7.52. The van der Waals surface area contributed by atoms with E-state index in [2.05, 4.69) is 23.3 Å². The standard InChI is InChI=1S/C15H21N3/c1-2-3-4-5-10-17-15-9-6-12-11-13(16)7-8-14(12)18-15/h6-9,11H,2-5,10,16H2,1H3,(H,17,18). The smallest absolute Gasteiger partial charge is 0.126 e. The van der Waals surface area contributed by atoms with Gasteiger partial charge < -0.3 is 11.1 Å². The third-order valence-corrected chi connectivity index (χ3v) is 3.05. The quantitative estimate of drug-likeness (QED) is 0.599. The fourth-order valence-corrected chi connectivity index (χ4v) is 2.01. The fraction of sp³-hybridized carbons (Fsp3) is 0.400. The minimum Gasteiger partial charge on any atom is -0.399 e. The highest BCUT2D eigenvalue weighted by Crippen LogP contribution is 2.17. The van der Waals surface area contributed by atoms with E-state index in [1.54, 1.807) is 0 Å². The maximum absolute atomic E-state index is 5.75. The zero-order valence-electron chi connectivity index (χ0n) is 10.9. The second-order valence-electron chi connectivity index (χ2n) is 4.64. The van der Waals surface area contributed by atoms with Gasteiger partial charge in [0.05, 0.1) is 5.52 Å². The molecule has 3 heteroatoms. The number of pyridine rings is 1. The third-order valence-electron chi connectivity index (χ3n) is 3.05. The number of nitrogens with zero attached hydrogens (tertiary/aromatic N) is 1. The van der Waals surface area contributed by atoms with Gasteiger partial charge in [-0.15, -0.1) is 0 Å². The van der Waals surface area contributed by atoms with E-state index in [1.165, 1.54) is 25.7 Å². The number of nitrogens with two attached hydrogens (primary N) is 1. The van der Waals surface area contributed by atoms with Gasteiger partial charge in [0.15, 0.2) is 0 Å². The predicted molar refractivity (Wildman–Crippen MR) is 78.8 cm³/mol. The molecule has 0 bridgehead atoms. The van der Waals surface area contributed by atoms with Gasteiger partial charge in [-0.25, -0.2) is 4.98 Å². The molecule has 2 aromatic rings. The van der Waals surface area contributed by atoms with Gasteiger partial charge in [0.25, 0.3) is 0 Å². The van der Waals surface area contributed by atoms with E-state index in [-0.39, 0.29) is 0 Å². The van der Waals surface area contributed by atoms with Crippen LogP contribution in [0.2, 0.25) is 0 Å². The number of fused-ring (bicyclic) bond motifs is 1. The summed E-state index contributed by atoms with van der Waals surface area (Å²) in [6, 6.07) is 9.88. The maximum Gasteiger partial charge on any atom is 0.126 e. The summed E-state index contributed by atoms with van der Waals surface area (Å²) in [7, 11) is 0. The van der Waals surface area contributed by atoms with Crippen LogP contribution in [0.3, 0.4) is 0 Å². The van der Waals surface area contributed by atoms with Crippen LogP contribution in [0.25, 0.3) is 10.9 Å². The molecule has 96 valence electrons. The molecule has 0 aliphatic heterocycles. The van der Waals surface area contributed by atoms with Crippen molar-refractivity contribution in [2.24, 2.45) is 0 Å². The van der Waals surface area contributed by atoms with Gasteiger partial charge in [-0.05, 0) is 36.8 Å². The van der Waals surface area contributed by atoms with E-state index in [1.807, 2.05) is 24.3 Å². The highest BCUT2D eigenvalue weighted by atomic mass is 15.0. The van der Waals surface area contributed by atoms with Gasteiger partial charge >= 0.3 is 0 Å². The van der Waals surface area contributed by atoms with Crippen LogP contribution in [-0.4, -0.2) is 11.5 Å². The van der Waals surface area contributed by atoms with Crippen molar-refractivity contribution in [3.63, 3.8) is 0 Å². The number of aromatic nitrogens is 1. The van der Waals surface area contributed by atoms with Crippen LogP contribution in [0.1, 0.15) is 32.6 Å². The summed E-state index contributed by atoms with van der Waals surface area (Å²) in [6.07, 6.45) is 5.07. The van der Waals surface area contributed by atoms with Crippen molar-refractivity contribution in [1.29, 1.82) is 0 Å². The Labute approximate surface area is 108 Å². The third kappa shape index (κ3) is 3.36. The molecule has 0 atom stereocenters. The van der Waals surface area contributed by atoms with Crippen LogP contribution in [-0.2, 0) is 0 Å². The first kappa shape index (κ1) is 12.7. The topological polar surface area (TPSA) is 50.9 Å². The van der Waals surface area contributed by atoms with Gasteiger partial charge in [0.1, 0.15) is 5.82 Å². The van der Waals surface area contributed by atoms with Crippen LogP contribution in [0.4, 0.5) is 11.5 Å². The second-order valence-corrected chi connectivity index (χ2v) is 4.64. The molecular weight excluding hydrogens is 222 g/mol. The molecule has 18 heavy (non-hydrogen) atoms. The van der Waals surface area contributed by atoms with Gasteiger partial charge in [-0.3, -0.25) is 0 Å². The number of anilines is 2. The van der Waals surface area contributed by atoms with Gasteiger partial charge in [-0.1, -0.05) is 26.2 Å². The fourth-order valence-electron chi connectivity index (χ4n) is 2.01. The Morgan fingerprint density at radius 3 is 2.83 bits per heavy atom. The largest absolute Gasteiger partial charge is 0.399 e. The first-order chi connectivity index (χ1) is 8.79. The number of hydrogen-bond acceptors (Lipinski definition) is 3. The molecule has 0 aliphatic rings. The lowest BCUT2D eigenvalue weighted by Crippen LogP contribution is -2.03. The zero-order chi connectivity index (χ0) is 12.8. The van der Waals surface area contributed by atoms with Crippen molar-refractivity contribution >= 4 is 22.4 Å². The minimum atomic E-state index is 0.782. The van der Waals surface area contributed by atoms with E-state index < -0.39 is 0 Å². The number of nitrogen functional groups attached to an aromatic ring is 1. The molecule has 0 aliphatic carbocycles. The Morgan fingerprint density at radius 1 is 1.11 bits per heavy atom. The minimum absolute atomic E-state index is 0.782. The SMILES string of the molecule is CCCCCCNc1ccc2cc(N)ccc2n1. The normalized spacial score (nSPS) is 10.7. The molecule has 0 amide bonds. The van der Waals surface area contributed by atoms with Crippen LogP contribution in [0.15, 0.2) is 30.3 Å². The van der Waals surface area contributed by atoms with Gasteiger partial charge in [0, 0.05) is 17.6 Å². The number of nitrogens with one attached hydrogen (secondary N) is 1. The summed E-state index contributed by atoms with van der Waals surface area (Å²) in [6.45, 7) is 3.22. The molecule has 2 rings (SSSR count). The second kappa shape index (κ2) is 6.24. The number of unbranched alkanes of at least 4 members (excludes halogenated alkanes) is 3. The van der Waals surface area contributed by atoms with E-state index in [0.29, 0.717) is 0 Å². The lowest BCUT2D eigenvalue weighted by Gasteiger charge is -2.06. The summed E-state index contributed by atoms with van der Waals surface area (Å²) in [5.74, 6) is 0.948. The van der Waals surface area contributed by atoms with E-state index in [0.717, 1.165) is 29.0 Å². The van der Waals surface area contributed by atoms with Crippen molar-refractivity contribution in [3.8, 4) is 0 Å². The summed E-state index contributed by atoms with van der Waals surface area (Å²) in [4.78, 5) is 4.57. The molecule has 1 aromatic carbocycles. The Kier molecular flexibility index (Phi) is 4.40. The molecule has 0 radical (unpaired) electrons. The highest BCUT2D eigenvalue weighted by Gasteiger charge is 1.98. The van der Waals surface area contributed by atoms with Crippen LogP contribution >= 0.6 is 0 Å². The van der Waals surface area contributed by atoms with E-state index in [9.17, 15) is 0 Å². The molecule has 0 saturated carbocycles. The lowest BCUT2D eigenvalue weighted by atomic mass is 10.2. The van der Waals surface area contributed by atoms with Crippen molar-refractivity contribution < 1.29 is 0 Å². The first-order valence-corrected chi connectivity index (χ1v) is 6.70. The summed E-state index contributed by atoms with van der Waals surface area (Å²) >= 11 is 0. The Balaban J connectivity index is 1.95. The Morgan fingerprint density at radius 2 is 2.00 bits per heavy atom. The first-order valence-electron chi connectivity index (χ1n) is 6.70. The zero-order valence-corrected chi connectivity index (χ0v) is 10.9. The Hall–Kier alpha value is -1.77. The predicted octanol–water partition coefficient (Wildman–Crippen LogP) is 3.81. The monoisotopic (exact) mass is 243 g/mol. The molecule has 0 fully saturated rings. The Bertz CT molecular complexity index is 508. The van der Waals surface area contributed by atoms with Gasteiger partial charge in [0.2, 0.25) is 0 Å². The van der Waals surface area contributed by atoms with Crippen LogP contribution in [0, 0.1) is 0 Å². The average Bonchev–Trinajstić information content (AvgIpc) is 2.38. The molecule has 0 saturated heterocycles. The molecule has 3 nitrogen and oxygen atoms in total.